The van der Waals surface area contributed by atoms with Crippen LogP contribution in [-0.2, 0) is 0 Å². The van der Waals surface area contributed by atoms with Gasteiger partial charge in [0.25, 0.3) is 0 Å². The molecule has 0 spiro atoms. The molecule has 0 aromatic heterocycles. The van der Waals surface area contributed by atoms with Crippen molar-refractivity contribution in [3.63, 3.8) is 0 Å². The Balaban J connectivity index is 0. The lowest BCUT2D eigenvalue weighted by Crippen LogP contribution is -2.47. The standard InChI is InChI=1S/C8H20N.ClH2/c1-5-9(6-2,7-3)8-4;/h5-8H2,1-4H3;1H2/q2*+1. The van der Waals surface area contributed by atoms with Gasteiger partial charge >= 0.3 is 0 Å². The van der Waals surface area contributed by atoms with E-state index < -0.39 is 0 Å². The van der Waals surface area contributed by atoms with Gasteiger partial charge in [-0.25, -0.2) is 0 Å². The summed E-state index contributed by atoms with van der Waals surface area (Å²) in [4.78, 5) is 0. The van der Waals surface area contributed by atoms with Crippen molar-refractivity contribution in [1.82, 2.24) is 0 Å². The predicted octanol–water partition coefficient (Wildman–Crippen LogP) is 1.35. The third-order valence-electron chi connectivity index (χ3n) is 2.68. The van der Waals surface area contributed by atoms with Crippen molar-refractivity contribution < 1.29 is 16.9 Å². The zero-order valence-electron chi connectivity index (χ0n) is 7.72. The molecular formula is C8H22ClN+2. The molecule has 10 heavy (non-hydrogen) atoms. The molecule has 0 unspecified atom stereocenters. The lowest BCUT2D eigenvalue weighted by Gasteiger charge is -2.34. The largest absolute Gasteiger partial charge is 0.325 e. The second-order valence-electron chi connectivity index (χ2n) is 2.61. The Bertz CT molecular complexity index is 52.1. The quantitative estimate of drug-likeness (QED) is 0.555. The SMILES string of the molecule is CC[N+](CC)(CC)CC.[ClH2+]. The molecule has 64 valence electrons. The minimum atomic E-state index is 0. The summed E-state index contributed by atoms with van der Waals surface area (Å²) in [5, 5.41) is 0. The van der Waals surface area contributed by atoms with Crippen LogP contribution in [0.15, 0.2) is 0 Å². The molecule has 0 aliphatic carbocycles. The molecule has 0 aromatic rings. The van der Waals surface area contributed by atoms with E-state index in [1.807, 2.05) is 0 Å². The minimum absolute atomic E-state index is 0. The second kappa shape index (κ2) is 5.99. The molecule has 0 radical (unpaired) electrons. The molecule has 0 rings (SSSR count). The lowest BCUT2D eigenvalue weighted by molar-refractivity contribution is -0.921. The van der Waals surface area contributed by atoms with Crippen LogP contribution < -0.4 is 0 Å². The summed E-state index contributed by atoms with van der Waals surface area (Å²) in [6.07, 6.45) is 0. The Labute approximate surface area is 71.4 Å². The summed E-state index contributed by atoms with van der Waals surface area (Å²) in [5.41, 5.74) is 0. The highest BCUT2D eigenvalue weighted by molar-refractivity contribution is 4.31. The summed E-state index contributed by atoms with van der Waals surface area (Å²) < 4.78 is 1.28. The van der Waals surface area contributed by atoms with Gasteiger partial charge in [-0.1, -0.05) is 0 Å². The molecular weight excluding hydrogens is 146 g/mol. The molecule has 0 N–H and O–H groups in total. The van der Waals surface area contributed by atoms with E-state index in [1.165, 1.54) is 30.7 Å². The van der Waals surface area contributed by atoms with Gasteiger partial charge in [0.15, 0.2) is 0 Å². The van der Waals surface area contributed by atoms with Crippen molar-refractivity contribution in [3.05, 3.63) is 0 Å². The van der Waals surface area contributed by atoms with Gasteiger partial charge in [0, 0.05) is 0 Å². The number of quaternary nitrogens is 1. The summed E-state index contributed by atoms with van der Waals surface area (Å²) in [6, 6.07) is 0. The third-order valence-corrected chi connectivity index (χ3v) is 2.68. The summed E-state index contributed by atoms with van der Waals surface area (Å²) in [5.74, 6) is 0. The van der Waals surface area contributed by atoms with E-state index in [2.05, 4.69) is 27.7 Å². The Morgan fingerprint density at radius 2 is 0.900 bits per heavy atom. The van der Waals surface area contributed by atoms with Crippen LogP contribution in [0.1, 0.15) is 27.7 Å². The topological polar surface area (TPSA) is 0 Å². The van der Waals surface area contributed by atoms with Crippen molar-refractivity contribution in [2.75, 3.05) is 26.2 Å². The summed E-state index contributed by atoms with van der Waals surface area (Å²) in [7, 11) is 0. The molecule has 2 heteroatoms. The van der Waals surface area contributed by atoms with Crippen LogP contribution in [0.5, 0.6) is 0 Å². The monoisotopic (exact) mass is 167 g/mol. The summed E-state index contributed by atoms with van der Waals surface area (Å²) in [6.45, 7) is 14.2. The average Bonchev–Trinajstić information content (AvgIpc) is 1.95. The van der Waals surface area contributed by atoms with Gasteiger partial charge in [0.05, 0.1) is 38.6 Å². The summed E-state index contributed by atoms with van der Waals surface area (Å²) >= 11 is 0. The maximum absolute atomic E-state index is 2.27. The number of nitrogens with zero attached hydrogens (tertiary/aromatic N) is 1. The fourth-order valence-electron chi connectivity index (χ4n) is 1.34. The fraction of sp³-hybridized carbons (Fsp3) is 1.00. The Kier molecular flexibility index (Phi) is 7.72. The van der Waals surface area contributed by atoms with Gasteiger partial charge in [0.1, 0.15) is 0 Å². The third kappa shape index (κ3) is 2.89. The van der Waals surface area contributed by atoms with E-state index in [-0.39, 0.29) is 12.4 Å². The van der Waals surface area contributed by atoms with Crippen LogP contribution in [0, 0.1) is 12.4 Å². The molecule has 0 amide bonds. The van der Waals surface area contributed by atoms with Crippen molar-refractivity contribution in [2.24, 2.45) is 0 Å². The van der Waals surface area contributed by atoms with Gasteiger partial charge < -0.3 is 4.48 Å². The molecule has 0 aliphatic heterocycles. The van der Waals surface area contributed by atoms with Crippen LogP contribution >= 0.6 is 0 Å². The first kappa shape index (κ1) is 12.9. The normalized spacial score (nSPS) is 10.8. The van der Waals surface area contributed by atoms with Crippen LogP contribution in [0.4, 0.5) is 0 Å². The zero-order valence-corrected chi connectivity index (χ0v) is 8.62. The van der Waals surface area contributed by atoms with E-state index in [9.17, 15) is 0 Å². The first-order chi connectivity index (χ1) is 4.24. The minimum Gasteiger partial charge on any atom is -0.325 e. The molecule has 0 atom stereocenters. The van der Waals surface area contributed by atoms with Crippen LogP contribution in [0.3, 0.4) is 0 Å². The smallest absolute Gasteiger partial charge is 0.0903 e. The highest BCUT2D eigenvalue weighted by Crippen LogP contribution is 2.03. The average molecular weight is 168 g/mol. The second-order valence-corrected chi connectivity index (χ2v) is 2.61. The first-order valence-corrected chi connectivity index (χ1v) is 4.09. The molecule has 0 bridgehead atoms. The molecule has 0 aromatic carbocycles. The van der Waals surface area contributed by atoms with E-state index in [1.54, 1.807) is 0 Å². The van der Waals surface area contributed by atoms with Crippen molar-refractivity contribution in [2.45, 2.75) is 27.7 Å². The van der Waals surface area contributed by atoms with Crippen LogP contribution in [-0.4, -0.2) is 30.7 Å². The van der Waals surface area contributed by atoms with Gasteiger partial charge in [-0.3, -0.25) is 0 Å². The molecule has 0 saturated heterocycles. The van der Waals surface area contributed by atoms with Crippen molar-refractivity contribution >= 4 is 0 Å². The van der Waals surface area contributed by atoms with Gasteiger partial charge in [0.2, 0.25) is 0 Å². The molecule has 1 nitrogen and oxygen atoms in total. The van der Waals surface area contributed by atoms with E-state index in [0.29, 0.717) is 0 Å². The number of hydrogen-bond acceptors (Lipinski definition) is 0. The molecule has 0 heterocycles. The first-order valence-electron chi connectivity index (χ1n) is 4.09. The van der Waals surface area contributed by atoms with Gasteiger partial charge in [-0.15, -0.1) is 0 Å². The van der Waals surface area contributed by atoms with E-state index in [0.717, 1.165) is 0 Å². The Morgan fingerprint density at radius 1 is 0.700 bits per heavy atom. The van der Waals surface area contributed by atoms with Crippen molar-refractivity contribution in [3.8, 4) is 0 Å². The Hall–Kier alpha value is 0.250. The highest BCUT2D eigenvalue weighted by Gasteiger charge is 2.16. The van der Waals surface area contributed by atoms with E-state index >= 15 is 0 Å². The Morgan fingerprint density at radius 3 is 0.900 bits per heavy atom. The van der Waals surface area contributed by atoms with Crippen molar-refractivity contribution in [1.29, 1.82) is 0 Å². The molecule has 0 saturated carbocycles. The molecule has 0 fully saturated rings. The fourth-order valence-corrected chi connectivity index (χ4v) is 1.34. The predicted molar refractivity (Wildman–Crippen MR) is 45.2 cm³/mol. The number of hydrogen-bond donors (Lipinski definition) is 0. The number of halogens is 1. The van der Waals surface area contributed by atoms with Gasteiger partial charge in [-0.2, -0.15) is 0 Å². The maximum Gasteiger partial charge on any atom is 0.0903 e. The molecule has 0 aliphatic rings. The van der Waals surface area contributed by atoms with Crippen LogP contribution in [0.2, 0.25) is 0 Å². The van der Waals surface area contributed by atoms with E-state index in [4.69, 9.17) is 0 Å². The lowest BCUT2D eigenvalue weighted by atomic mass is 10.3. The highest BCUT2D eigenvalue weighted by atomic mass is 35.5. The zero-order chi connectivity index (χ0) is 7.33. The van der Waals surface area contributed by atoms with Gasteiger partial charge in [-0.05, 0) is 27.7 Å². The number of rotatable bonds is 4. The maximum atomic E-state index is 2.27. The van der Waals surface area contributed by atoms with Crippen LogP contribution in [0.25, 0.3) is 0 Å².